The molecule has 0 radical (unpaired) electrons. The van der Waals surface area contributed by atoms with Crippen LogP contribution in [0.3, 0.4) is 0 Å². The minimum absolute atomic E-state index is 0.257. The zero-order valence-corrected chi connectivity index (χ0v) is 27.3. The molecule has 0 bridgehead atoms. The highest BCUT2D eigenvalue weighted by atomic mass is 32.2. The number of unbranched alkanes of at least 4 members (excludes halogenated alkanes) is 1. The predicted molar refractivity (Wildman–Crippen MR) is 173 cm³/mol. The third-order valence-corrected chi connectivity index (χ3v) is 10.1. The van der Waals surface area contributed by atoms with Crippen molar-refractivity contribution in [1.29, 1.82) is 5.26 Å². The molecule has 2 aliphatic rings. The summed E-state index contributed by atoms with van der Waals surface area (Å²) in [5, 5.41) is 8.89. The van der Waals surface area contributed by atoms with Crippen molar-refractivity contribution in [3.63, 3.8) is 0 Å². The molecule has 228 valence electrons. The van der Waals surface area contributed by atoms with E-state index in [1.807, 2.05) is 48.2 Å². The molecule has 0 aromatic heterocycles. The topological polar surface area (TPSA) is 72.9 Å². The Morgan fingerprint density at radius 1 is 0.881 bits per heavy atom. The molecule has 0 amide bonds. The predicted octanol–water partition coefficient (Wildman–Crippen LogP) is 9.59. The van der Waals surface area contributed by atoms with Gasteiger partial charge in [0.05, 0.1) is 32.3 Å². The van der Waals surface area contributed by atoms with E-state index in [0.717, 1.165) is 48.5 Å². The largest absolute Gasteiger partial charge is 0.496 e. The Hall–Kier alpha value is -2.81. The fourth-order valence-electron chi connectivity index (χ4n) is 5.03. The number of nitriles is 1. The van der Waals surface area contributed by atoms with Crippen molar-refractivity contribution in [3.05, 3.63) is 59.9 Å². The average Bonchev–Trinajstić information content (AvgIpc) is 3.06. The zero-order valence-electron chi connectivity index (χ0n) is 25.7. The Labute approximate surface area is 261 Å². The lowest BCUT2D eigenvalue weighted by Gasteiger charge is -2.27. The number of benzene rings is 2. The second-order valence-corrected chi connectivity index (χ2v) is 13.0. The number of nitrogens with zero attached hydrogens (tertiary/aromatic N) is 2. The lowest BCUT2D eigenvalue weighted by Crippen LogP contribution is -2.32. The molecule has 0 aliphatic heterocycles. The maximum Gasteiger partial charge on any atom is 0.326 e. The summed E-state index contributed by atoms with van der Waals surface area (Å²) in [6, 6.07) is 18.2. The van der Waals surface area contributed by atoms with Crippen LogP contribution in [-0.4, -0.2) is 37.9 Å². The van der Waals surface area contributed by atoms with Crippen molar-refractivity contribution in [3.8, 4) is 17.6 Å². The van der Waals surface area contributed by atoms with Gasteiger partial charge in [0.1, 0.15) is 11.5 Å². The van der Waals surface area contributed by atoms with Gasteiger partial charge < -0.3 is 14.2 Å². The van der Waals surface area contributed by atoms with Gasteiger partial charge in [0.25, 0.3) is 4.87 Å². The van der Waals surface area contributed by atoms with E-state index in [2.05, 4.69) is 34.7 Å². The lowest BCUT2D eigenvalue weighted by molar-refractivity contribution is -0.150. The van der Waals surface area contributed by atoms with E-state index in [1.165, 1.54) is 49.9 Å². The Kier molecular flexibility index (Phi) is 16.3. The molecular weight excluding hydrogens is 565 g/mol. The first-order chi connectivity index (χ1) is 20.4. The summed E-state index contributed by atoms with van der Waals surface area (Å²) in [6.45, 7) is 9.70. The summed E-state index contributed by atoms with van der Waals surface area (Å²) in [5.74, 6) is 2.69. The molecule has 0 saturated heterocycles. The maximum absolute atomic E-state index is 11.3. The van der Waals surface area contributed by atoms with Crippen LogP contribution in [0, 0.1) is 23.3 Å². The number of hydrogen-bond acceptors (Lipinski definition) is 7. The smallest absolute Gasteiger partial charge is 0.326 e. The number of methoxy groups -OCH3 is 3. The van der Waals surface area contributed by atoms with Crippen LogP contribution in [0.25, 0.3) is 4.85 Å². The molecule has 2 aromatic carbocycles. The Balaban J connectivity index is 0.000000225. The molecule has 8 heteroatoms. The Bertz CT molecular complexity index is 1160. The first-order valence-electron chi connectivity index (χ1n) is 14.9. The second kappa shape index (κ2) is 19.4. The van der Waals surface area contributed by atoms with Crippen LogP contribution in [0.2, 0.25) is 0 Å². The highest BCUT2D eigenvalue weighted by Gasteiger charge is 2.41. The van der Waals surface area contributed by atoms with E-state index >= 15 is 0 Å². The number of hydrogen-bond donors (Lipinski definition) is 0. The van der Waals surface area contributed by atoms with E-state index in [-0.39, 0.29) is 10.8 Å². The van der Waals surface area contributed by atoms with E-state index < -0.39 is 5.41 Å². The van der Waals surface area contributed by atoms with E-state index in [1.54, 1.807) is 26.0 Å². The highest BCUT2D eigenvalue weighted by Crippen LogP contribution is 2.47. The lowest BCUT2D eigenvalue weighted by atomic mass is 9.75. The molecular formula is C34H46N2O4S2. The molecule has 0 N–H and O–H groups in total. The summed E-state index contributed by atoms with van der Waals surface area (Å²) in [7, 11) is 4.75. The van der Waals surface area contributed by atoms with Crippen molar-refractivity contribution in [2.75, 3.05) is 27.1 Å². The van der Waals surface area contributed by atoms with Gasteiger partial charge in [-0.25, -0.2) is 6.57 Å². The standard InChI is InChI=1S/C14H17NOS.C11H16OS.C9H13NO2/c1-15-14(10-6-3-7-11-14)17-13-9-5-4-8-12(13)16-2;1-3-4-9-13-11-8-6-5-7-10(11)12-2;1-12-8(11)9(7-10)5-3-2-4-6-9/h4-5,8-9H,3,6-7,10-11H2,2H3;5-8H,3-4,9H2,1-2H3;2-6H2,1H3. The van der Waals surface area contributed by atoms with Crippen LogP contribution in [0.4, 0.5) is 0 Å². The number of para-hydroxylation sites is 2. The van der Waals surface area contributed by atoms with Crippen molar-refractivity contribution in [1.82, 2.24) is 0 Å². The molecule has 2 fully saturated rings. The maximum atomic E-state index is 11.3. The molecule has 4 rings (SSSR count). The van der Waals surface area contributed by atoms with Crippen LogP contribution >= 0.6 is 23.5 Å². The number of carbonyl (C=O) groups excluding carboxylic acids is 1. The van der Waals surface area contributed by atoms with E-state index in [4.69, 9.17) is 21.3 Å². The average molecular weight is 611 g/mol. The number of thioether (sulfide) groups is 2. The number of carbonyl (C=O) groups is 1. The van der Waals surface area contributed by atoms with Gasteiger partial charge in [-0.2, -0.15) is 5.26 Å². The fraction of sp³-hybridized carbons (Fsp3) is 0.559. The molecule has 2 aromatic rings. The van der Waals surface area contributed by atoms with Crippen LogP contribution in [0.1, 0.15) is 84.0 Å². The summed E-state index contributed by atoms with van der Waals surface area (Å²) in [4.78, 5) is 17.3. The first-order valence-corrected chi connectivity index (χ1v) is 16.7. The van der Waals surface area contributed by atoms with Crippen LogP contribution in [-0.2, 0) is 9.53 Å². The van der Waals surface area contributed by atoms with Crippen molar-refractivity contribution < 1.29 is 19.0 Å². The van der Waals surface area contributed by atoms with Crippen LogP contribution in [0.15, 0.2) is 58.3 Å². The third kappa shape index (κ3) is 10.8. The Morgan fingerprint density at radius 2 is 1.40 bits per heavy atom. The van der Waals surface area contributed by atoms with Gasteiger partial charge in [0, 0.05) is 17.7 Å². The normalized spacial score (nSPS) is 16.5. The van der Waals surface area contributed by atoms with Crippen molar-refractivity contribution >= 4 is 29.5 Å². The third-order valence-electron chi connectivity index (χ3n) is 7.53. The summed E-state index contributed by atoms with van der Waals surface area (Å²) in [6.07, 6.45) is 12.5. The zero-order chi connectivity index (χ0) is 30.7. The van der Waals surface area contributed by atoms with Gasteiger partial charge in [-0.3, -0.25) is 9.64 Å². The summed E-state index contributed by atoms with van der Waals surface area (Å²) >= 11 is 3.56. The Morgan fingerprint density at radius 3 is 1.90 bits per heavy atom. The van der Waals surface area contributed by atoms with E-state index in [0.29, 0.717) is 12.8 Å². The SMILES string of the molecule is CCCCSc1ccccc1OC.COC(=O)C1(C#N)CCCCC1.[C-]#[N+]C1(Sc2ccccc2OC)CCCCC1. The molecule has 0 atom stereocenters. The summed E-state index contributed by atoms with van der Waals surface area (Å²) in [5.41, 5.74) is -0.826. The molecule has 2 saturated carbocycles. The highest BCUT2D eigenvalue weighted by molar-refractivity contribution is 8.01. The minimum Gasteiger partial charge on any atom is -0.496 e. The number of rotatable bonds is 9. The van der Waals surface area contributed by atoms with Gasteiger partial charge in [-0.15, -0.1) is 11.8 Å². The minimum atomic E-state index is -0.826. The molecule has 42 heavy (non-hydrogen) atoms. The molecule has 6 nitrogen and oxygen atoms in total. The number of ether oxygens (including phenoxy) is 3. The number of esters is 1. The summed E-state index contributed by atoms with van der Waals surface area (Å²) < 4.78 is 15.2. The molecule has 0 spiro atoms. The second-order valence-electron chi connectivity index (χ2n) is 10.5. The molecule has 0 heterocycles. The fourth-order valence-corrected chi connectivity index (χ4v) is 7.49. The molecule has 2 aliphatic carbocycles. The van der Waals surface area contributed by atoms with Gasteiger partial charge in [0.2, 0.25) is 0 Å². The van der Waals surface area contributed by atoms with Crippen molar-refractivity contribution in [2.45, 2.75) is 98.6 Å². The van der Waals surface area contributed by atoms with Crippen molar-refractivity contribution in [2.24, 2.45) is 5.41 Å². The molecule has 0 unspecified atom stereocenters. The van der Waals surface area contributed by atoms with Crippen LogP contribution < -0.4 is 9.47 Å². The van der Waals surface area contributed by atoms with Crippen LogP contribution in [0.5, 0.6) is 11.5 Å². The van der Waals surface area contributed by atoms with Gasteiger partial charge >= 0.3 is 5.97 Å². The quantitative estimate of drug-likeness (QED) is 0.121. The van der Waals surface area contributed by atoms with Gasteiger partial charge in [0.15, 0.2) is 5.41 Å². The monoisotopic (exact) mass is 610 g/mol. The van der Waals surface area contributed by atoms with Gasteiger partial charge in [-0.1, -0.05) is 63.3 Å². The van der Waals surface area contributed by atoms with E-state index in [9.17, 15) is 4.79 Å². The first kappa shape index (κ1) is 35.4. The van der Waals surface area contributed by atoms with Gasteiger partial charge in [-0.05, 0) is 73.9 Å².